The summed E-state index contributed by atoms with van der Waals surface area (Å²) in [5.41, 5.74) is 3.90. The van der Waals surface area contributed by atoms with Crippen LogP contribution in [0.1, 0.15) is 29.3 Å². The number of benzene rings is 1. The highest BCUT2D eigenvalue weighted by molar-refractivity contribution is 7.10. The maximum atomic E-state index is 3.72. The average Bonchev–Trinajstić information content (AvgIpc) is 3.20. The smallest absolute Gasteiger partial charge is 0.0524 e. The van der Waals surface area contributed by atoms with E-state index < -0.39 is 0 Å². The fourth-order valence-electron chi connectivity index (χ4n) is 3.10. The quantitative estimate of drug-likeness (QED) is 0.717. The normalized spacial score (nSPS) is 17.4. The monoisotopic (exact) mass is 294 g/mol. The lowest BCUT2D eigenvalue weighted by molar-refractivity contribution is 0.609. The summed E-state index contributed by atoms with van der Waals surface area (Å²) >= 11 is 1.90. The molecule has 1 N–H and O–H groups in total. The molecule has 0 aliphatic heterocycles. The third kappa shape index (κ3) is 2.49. The molecule has 2 heterocycles. The summed E-state index contributed by atoms with van der Waals surface area (Å²) in [5.74, 6) is 0. The van der Waals surface area contributed by atoms with Gasteiger partial charge in [0.05, 0.1) is 6.04 Å². The van der Waals surface area contributed by atoms with E-state index in [0.29, 0.717) is 6.04 Å². The molecule has 0 fully saturated rings. The fourth-order valence-corrected chi connectivity index (χ4v) is 4.09. The highest BCUT2D eigenvalue weighted by Crippen LogP contribution is 2.35. The van der Waals surface area contributed by atoms with Gasteiger partial charge in [0.15, 0.2) is 0 Å². The number of aromatic nitrogens is 1. The van der Waals surface area contributed by atoms with E-state index in [1.807, 2.05) is 11.3 Å². The molecule has 3 heteroatoms. The lowest BCUT2D eigenvalue weighted by Gasteiger charge is -2.25. The molecule has 1 aromatic carbocycles. The van der Waals surface area contributed by atoms with Gasteiger partial charge in [-0.1, -0.05) is 6.07 Å². The van der Waals surface area contributed by atoms with Crippen LogP contribution in [-0.2, 0) is 6.42 Å². The first-order chi connectivity index (χ1) is 10.4. The summed E-state index contributed by atoms with van der Waals surface area (Å²) in [6.07, 6.45) is 7.90. The molecule has 0 saturated carbocycles. The summed E-state index contributed by atoms with van der Waals surface area (Å²) in [6, 6.07) is 15.5. The Kier molecular flexibility index (Phi) is 3.28. The third-order valence-corrected chi connectivity index (χ3v) is 5.14. The first kappa shape index (κ1) is 12.7. The SMILES string of the molecule is c1cc(NC2CCCc3sccc32)cc(-n2cccc2)c1. The Morgan fingerprint density at radius 3 is 2.90 bits per heavy atom. The van der Waals surface area contributed by atoms with Crippen molar-refractivity contribution < 1.29 is 0 Å². The van der Waals surface area contributed by atoms with E-state index in [1.165, 1.54) is 36.2 Å². The van der Waals surface area contributed by atoms with Crippen molar-refractivity contribution in [3.8, 4) is 5.69 Å². The van der Waals surface area contributed by atoms with E-state index in [1.54, 1.807) is 4.88 Å². The number of thiophene rings is 1. The van der Waals surface area contributed by atoms with Crippen LogP contribution in [0.3, 0.4) is 0 Å². The summed E-state index contributed by atoms with van der Waals surface area (Å²) in [5, 5.41) is 5.94. The highest BCUT2D eigenvalue weighted by atomic mass is 32.1. The Labute approximate surface area is 129 Å². The minimum Gasteiger partial charge on any atom is -0.378 e. The van der Waals surface area contributed by atoms with E-state index >= 15 is 0 Å². The van der Waals surface area contributed by atoms with Gasteiger partial charge in [0.25, 0.3) is 0 Å². The lowest BCUT2D eigenvalue weighted by Crippen LogP contribution is -2.15. The van der Waals surface area contributed by atoms with E-state index in [4.69, 9.17) is 0 Å². The summed E-state index contributed by atoms with van der Waals surface area (Å²) in [4.78, 5) is 1.56. The van der Waals surface area contributed by atoms with Gasteiger partial charge in [-0.2, -0.15) is 0 Å². The predicted octanol–water partition coefficient (Wildman–Crippen LogP) is 5.03. The van der Waals surface area contributed by atoms with E-state index in [-0.39, 0.29) is 0 Å². The maximum absolute atomic E-state index is 3.72. The number of hydrogen-bond acceptors (Lipinski definition) is 2. The van der Waals surface area contributed by atoms with Gasteiger partial charge in [0.1, 0.15) is 0 Å². The van der Waals surface area contributed by atoms with Gasteiger partial charge in [-0.05, 0) is 66.6 Å². The zero-order valence-corrected chi connectivity index (χ0v) is 12.6. The number of fused-ring (bicyclic) bond motifs is 1. The van der Waals surface area contributed by atoms with Crippen molar-refractivity contribution in [1.29, 1.82) is 0 Å². The average molecular weight is 294 g/mol. The van der Waals surface area contributed by atoms with Crippen LogP contribution in [-0.4, -0.2) is 4.57 Å². The van der Waals surface area contributed by atoms with E-state index in [0.717, 1.165) is 0 Å². The van der Waals surface area contributed by atoms with Gasteiger partial charge in [0, 0.05) is 28.6 Å². The zero-order valence-electron chi connectivity index (χ0n) is 11.8. The summed E-state index contributed by atoms with van der Waals surface area (Å²) < 4.78 is 2.14. The predicted molar refractivity (Wildman–Crippen MR) is 89.4 cm³/mol. The first-order valence-electron chi connectivity index (χ1n) is 7.46. The van der Waals surface area contributed by atoms with Crippen LogP contribution < -0.4 is 5.32 Å². The number of nitrogens with zero attached hydrogens (tertiary/aromatic N) is 1. The van der Waals surface area contributed by atoms with Crippen molar-refractivity contribution >= 4 is 17.0 Å². The van der Waals surface area contributed by atoms with Gasteiger partial charge in [-0.25, -0.2) is 0 Å². The molecule has 0 saturated heterocycles. The van der Waals surface area contributed by atoms with Gasteiger partial charge >= 0.3 is 0 Å². The number of rotatable bonds is 3. The topological polar surface area (TPSA) is 17.0 Å². The number of anilines is 1. The Bertz CT molecular complexity index is 727. The minimum absolute atomic E-state index is 0.458. The van der Waals surface area contributed by atoms with Crippen molar-refractivity contribution in [3.63, 3.8) is 0 Å². The lowest BCUT2D eigenvalue weighted by atomic mass is 9.94. The molecular formula is C18H18N2S. The summed E-state index contributed by atoms with van der Waals surface area (Å²) in [6.45, 7) is 0. The van der Waals surface area contributed by atoms with E-state index in [9.17, 15) is 0 Å². The second-order valence-corrected chi connectivity index (χ2v) is 6.53. The first-order valence-corrected chi connectivity index (χ1v) is 8.34. The molecule has 0 bridgehead atoms. The molecule has 1 unspecified atom stereocenters. The molecule has 1 aliphatic carbocycles. The Balaban J connectivity index is 1.60. The Morgan fingerprint density at radius 1 is 1.10 bits per heavy atom. The zero-order chi connectivity index (χ0) is 14.1. The molecule has 3 aromatic rings. The van der Waals surface area contributed by atoms with Crippen molar-refractivity contribution in [2.24, 2.45) is 0 Å². The number of hydrogen-bond donors (Lipinski definition) is 1. The van der Waals surface area contributed by atoms with Crippen LogP contribution in [0.4, 0.5) is 5.69 Å². The second kappa shape index (κ2) is 5.41. The number of nitrogens with one attached hydrogen (secondary N) is 1. The van der Waals surface area contributed by atoms with Gasteiger partial charge in [-0.3, -0.25) is 0 Å². The Hall–Kier alpha value is -2.00. The standard InChI is InChI=1S/C18H18N2S/c1-2-11-20(10-1)15-6-3-5-14(13-15)19-17-7-4-8-18-16(17)9-12-21-18/h1-3,5-6,9-13,17,19H,4,7-8H2. The largest absolute Gasteiger partial charge is 0.378 e. The molecule has 21 heavy (non-hydrogen) atoms. The van der Waals surface area contributed by atoms with Crippen LogP contribution >= 0.6 is 11.3 Å². The van der Waals surface area contributed by atoms with Crippen LogP contribution in [0.2, 0.25) is 0 Å². The van der Waals surface area contributed by atoms with Crippen LogP contribution in [0.15, 0.2) is 60.2 Å². The minimum atomic E-state index is 0.458. The molecular weight excluding hydrogens is 276 g/mol. The van der Waals surface area contributed by atoms with Crippen molar-refractivity contribution in [2.45, 2.75) is 25.3 Å². The van der Waals surface area contributed by atoms with Crippen LogP contribution in [0.25, 0.3) is 5.69 Å². The molecule has 2 nitrogen and oxygen atoms in total. The Morgan fingerprint density at radius 2 is 2.00 bits per heavy atom. The van der Waals surface area contributed by atoms with Crippen molar-refractivity contribution in [1.82, 2.24) is 4.57 Å². The maximum Gasteiger partial charge on any atom is 0.0524 e. The third-order valence-electron chi connectivity index (χ3n) is 4.14. The van der Waals surface area contributed by atoms with E-state index in [2.05, 4.69) is 70.1 Å². The fraction of sp³-hybridized carbons (Fsp3) is 0.222. The van der Waals surface area contributed by atoms with Crippen LogP contribution in [0, 0.1) is 0 Å². The van der Waals surface area contributed by atoms with Gasteiger partial charge < -0.3 is 9.88 Å². The number of aryl methyl sites for hydroxylation is 1. The molecule has 0 spiro atoms. The summed E-state index contributed by atoms with van der Waals surface area (Å²) in [7, 11) is 0. The van der Waals surface area contributed by atoms with Crippen molar-refractivity contribution in [3.05, 3.63) is 70.7 Å². The van der Waals surface area contributed by atoms with Crippen molar-refractivity contribution in [2.75, 3.05) is 5.32 Å². The molecule has 2 aromatic heterocycles. The molecule has 4 rings (SSSR count). The highest BCUT2D eigenvalue weighted by Gasteiger charge is 2.20. The van der Waals surface area contributed by atoms with Gasteiger partial charge in [-0.15, -0.1) is 11.3 Å². The van der Waals surface area contributed by atoms with Crippen LogP contribution in [0.5, 0.6) is 0 Å². The molecule has 0 amide bonds. The second-order valence-electron chi connectivity index (χ2n) is 5.53. The molecule has 1 aliphatic rings. The molecule has 0 radical (unpaired) electrons. The van der Waals surface area contributed by atoms with Gasteiger partial charge in [0.2, 0.25) is 0 Å². The molecule has 106 valence electrons. The molecule has 1 atom stereocenters.